The molecule has 2 aromatic rings. The van der Waals surface area contributed by atoms with Gasteiger partial charge in [-0.15, -0.1) is 0 Å². The zero-order valence-electron chi connectivity index (χ0n) is 12.0. The number of thioether (sulfide) groups is 1. The summed E-state index contributed by atoms with van der Waals surface area (Å²) in [7, 11) is 0. The van der Waals surface area contributed by atoms with E-state index in [-0.39, 0.29) is 11.9 Å². The molecule has 0 aromatic carbocycles. The maximum Gasteiger partial charge on any atom is 0.275 e. The molecule has 1 amide bonds. The first-order chi connectivity index (χ1) is 9.59. The average Bonchev–Trinajstić information content (AvgIpc) is 2.79. The number of carbonyl (C=O) groups is 1. The van der Waals surface area contributed by atoms with Crippen LogP contribution in [0, 0.1) is 6.92 Å². The number of aromatic nitrogens is 2. The molecule has 0 bridgehead atoms. The molecule has 2 aromatic heterocycles. The smallest absolute Gasteiger partial charge is 0.275 e. The number of imidazole rings is 1. The summed E-state index contributed by atoms with van der Waals surface area (Å²) in [5, 5.41) is 0.475. The summed E-state index contributed by atoms with van der Waals surface area (Å²) in [5.41, 5.74) is 1.47. The van der Waals surface area contributed by atoms with Gasteiger partial charge < -0.3 is 9.30 Å². The lowest BCUT2D eigenvalue weighted by Crippen LogP contribution is -2.48. The van der Waals surface area contributed by atoms with Gasteiger partial charge in [0.1, 0.15) is 5.82 Å². The Morgan fingerprint density at radius 2 is 2.20 bits per heavy atom. The van der Waals surface area contributed by atoms with E-state index < -0.39 is 0 Å². The van der Waals surface area contributed by atoms with Crippen molar-refractivity contribution in [1.29, 1.82) is 0 Å². The molecule has 4 nitrogen and oxygen atoms in total. The topological polar surface area (TPSA) is 37.6 Å². The van der Waals surface area contributed by atoms with Crippen LogP contribution in [0.25, 0.3) is 5.52 Å². The number of fused-ring (bicyclic) bond motifs is 1. The summed E-state index contributed by atoms with van der Waals surface area (Å²) in [4.78, 5) is 19.3. The number of aryl methyl sites for hydroxylation is 1. The molecule has 1 fully saturated rings. The normalized spacial score (nSPS) is 23.2. The van der Waals surface area contributed by atoms with E-state index in [0.717, 1.165) is 23.6 Å². The van der Waals surface area contributed by atoms with Gasteiger partial charge in [-0.25, -0.2) is 4.98 Å². The minimum absolute atomic E-state index is 0.0569. The van der Waals surface area contributed by atoms with E-state index in [1.54, 1.807) is 0 Å². The molecule has 0 radical (unpaired) electrons. The van der Waals surface area contributed by atoms with E-state index in [0.29, 0.717) is 10.9 Å². The number of rotatable bonds is 1. The first-order valence-corrected chi connectivity index (χ1v) is 8.00. The number of amides is 1. The van der Waals surface area contributed by atoms with Crippen LogP contribution in [0.1, 0.15) is 30.2 Å². The van der Waals surface area contributed by atoms with Gasteiger partial charge in [-0.3, -0.25) is 4.79 Å². The monoisotopic (exact) mass is 289 g/mol. The second kappa shape index (κ2) is 5.13. The Morgan fingerprint density at radius 3 is 3.00 bits per heavy atom. The quantitative estimate of drug-likeness (QED) is 0.810. The van der Waals surface area contributed by atoms with E-state index in [4.69, 9.17) is 0 Å². The van der Waals surface area contributed by atoms with Crippen LogP contribution in [-0.4, -0.2) is 43.8 Å². The van der Waals surface area contributed by atoms with E-state index in [9.17, 15) is 4.79 Å². The Morgan fingerprint density at radius 1 is 1.40 bits per heavy atom. The Bertz CT molecular complexity index is 652. The molecule has 106 valence electrons. The molecule has 1 saturated heterocycles. The second-order valence-electron chi connectivity index (χ2n) is 5.28. The van der Waals surface area contributed by atoms with Crippen molar-refractivity contribution in [3.8, 4) is 0 Å². The summed E-state index contributed by atoms with van der Waals surface area (Å²) in [6.45, 7) is 7.05. The summed E-state index contributed by atoms with van der Waals surface area (Å²) in [6, 6.07) is 6.12. The van der Waals surface area contributed by atoms with Crippen LogP contribution in [-0.2, 0) is 0 Å². The number of pyridine rings is 1. The Hall–Kier alpha value is -1.49. The maximum atomic E-state index is 12.8. The molecule has 0 unspecified atom stereocenters. The van der Waals surface area contributed by atoms with Crippen molar-refractivity contribution in [3.63, 3.8) is 0 Å². The van der Waals surface area contributed by atoms with Gasteiger partial charge >= 0.3 is 0 Å². The summed E-state index contributed by atoms with van der Waals surface area (Å²) in [6.07, 6.45) is 1.95. The molecule has 1 aliphatic rings. The number of carbonyl (C=O) groups excluding carboxylic acids is 1. The van der Waals surface area contributed by atoms with Gasteiger partial charge in [0.05, 0.1) is 5.52 Å². The van der Waals surface area contributed by atoms with E-state index in [2.05, 4.69) is 18.8 Å². The van der Waals surface area contributed by atoms with Crippen molar-refractivity contribution in [3.05, 3.63) is 35.9 Å². The standard InChI is InChI=1S/C15H19N3OS/c1-10-11(2)20-9-8-17(10)15(19)14-13-6-4-5-7-18(13)12(3)16-14/h4-7,10-11H,8-9H2,1-3H3/t10-,11+/m0/s1. The van der Waals surface area contributed by atoms with Crippen LogP contribution in [0.4, 0.5) is 0 Å². The van der Waals surface area contributed by atoms with Crippen LogP contribution in [0.3, 0.4) is 0 Å². The van der Waals surface area contributed by atoms with Crippen molar-refractivity contribution < 1.29 is 4.79 Å². The molecule has 20 heavy (non-hydrogen) atoms. The Balaban J connectivity index is 2.00. The molecule has 3 rings (SSSR count). The molecule has 1 aliphatic heterocycles. The summed E-state index contributed by atoms with van der Waals surface area (Å²) >= 11 is 1.93. The molecule has 0 spiro atoms. The predicted octanol–water partition coefficient (Wildman–Crippen LogP) is 2.61. The van der Waals surface area contributed by atoms with Gasteiger partial charge in [0.2, 0.25) is 0 Å². The molecule has 2 atom stereocenters. The van der Waals surface area contributed by atoms with Gasteiger partial charge in [-0.1, -0.05) is 13.0 Å². The zero-order chi connectivity index (χ0) is 14.3. The van der Waals surface area contributed by atoms with Crippen molar-refractivity contribution in [2.75, 3.05) is 12.3 Å². The number of hydrogen-bond acceptors (Lipinski definition) is 3. The number of nitrogens with zero attached hydrogens (tertiary/aromatic N) is 3. The van der Waals surface area contributed by atoms with Crippen LogP contribution < -0.4 is 0 Å². The predicted molar refractivity (Wildman–Crippen MR) is 82.3 cm³/mol. The highest BCUT2D eigenvalue weighted by Gasteiger charge is 2.31. The lowest BCUT2D eigenvalue weighted by Gasteiger charge is -2.37. The first-order valence-electron chi connectivity index (χ1n) is 6.96. The molecule has 0 N–H and O–H groups in total. The minimum Gasteiger partial charge on any atom is -0.333 e. The largest absolute Gasteiger partial charge is 0.333 e. The van der Waals surface area contributed by atoms with E-state index in [1.165, 1.54) is 0 Å². The average molecular weight is 289 g/mol. The SMILES string of the molecule is Cc1nc(C(=O)N2CCS[C@H](C)[C@@H]2C)c2ccccn12. The molecular weight excluding hydrogens is 270 g/mol. The van der Waals surface area contributed by atoms with Gasteiger partial charge in [-0.05, 0) is 26.0 Å². The molecule has 5 heteroatoms. The van der Waals surface area contributed by atoms with Crippen LogP contribution >= 0.6 is 11.8 Å². The maximum absolute atomic E-state index is 12.8. The Kier molecular flexibility index (Phi) is 3.46. The highest BCUT2D eigenvalue weighted by Crippen LogP contribution is 2.26. The Labute approximate surface area is 123 Å². The van der Waals surface area contributed by atoms with Gasteiger partial charge in [0.15, 0.2) is 5.69 Å². The number of hydrogen-bond donors (Lipinski definition) is 0. The lowest BCUT2D eigenvalue weighted by atomic mass is 10.2. The van der Waals surface area contributed by atoms with Crippen molar-refractivity contribution >= 4 is 23.2 Å². The molecule has 0 saturated carbocycles. The van der Waals surface area contributed by atoms with E-state index >= 15 is 0 Å². The summed E-state index contributed by atoms with van der Waals surface area (Å²) < 4.78 is 1.97. The van der Waals surface area contributed by atoms with Crippen LogP contribution in [0.15, 0.2) is 24.4 Å². The molecule has 3 heterocycles. The lowest BCUT2D eigenvalue weighted by molar-refractivity contribution is 0.0694. The fraction of sp³-hybridized carbons (Fsp3) is 0.467. The first kappa shape index (κ1) is 13.5. The third kappa shape index (κ3) is 2.10. The van der Waals surface area contributed by atoms with Crippen LogP contribution in [0.2, 0.25) is 0 Å². The second-order valence-corrected chi connectivity index (χ2v) is 6.76. The van der Waals surface area contributed by atoms with Crippen molar-refractivity contribution in [2.24, 2.45) is 0 Å². The van der Waals surface area contributed by atoms with Crippen molar-refractivity contribution in [2.45, 2.75) is 32.1 Å². The van der Waals surface area contributed by atoms with E-state index in [1.807, 2.05) is 52.4 Å². The third-order valence-corrected chi connectivity index (χ3v) is 5.41. The van der Waals surface area contributed by atoms with Gasteiger partial charge in [0, 0.05) is 29.8 Å². The van der Waals surface area contributed by atoms with Gasteiger partial charge in [-0.2, -0.15) is 11.8 Å². The highest BCUT2D eigenvalue weighted by atomic mass is 32.2. The highest BCUT2D eigenvalue weighted by molar-refractivity contribution is 8.00. The minimum atomic E-state index is 0.0569. The van der Waals surface area contributed by atoms with Crippen LogP contribution in [0.5, 0.6) is 0 Å². The van der Waals surface area contributed by atoms with Crippen molar-refractivity contribution in [1.82, 2.24) is 14.3 Å². The fourth-order valence-corrected chi connectivity index (χ4v) is 3.80. The van der Waals surface area contributed by atoms with Gasteiger partial charge in [0.25, 0.3) is 5.91 Å². The third-order valence-electron chi connectivity index (χ3n) is 4.07. The molecular formula is C15H19N3OS. The zero-order valence-corrected chi connectivity index (χ0v) is 12.9. The summed E-state index contributed by atoms with van der Waals surface area (Å²) in [5.74, 6) is 1.92. The molecule has 0 aliphatic carbocycles. The fourth-order valence-electron chi connectivity index (χ4n) is 2.70.